The normalized spacial score (nSPS) is 31.4. The Morgan fingerprint density at radius 1 is 0.778 bits per heavy atom. The SMILES string of the molecule is CC#CC1CCC(c2ccc(C3CCC(/C=C/C4CCC(OCC)C(F)=C4F)CC3)c(F)c2F)CC1. The Balaban J connectivity index is 1.34. The maximum absolute atomic E-state index is 15.1. The van der Waals surface area contributed by atoms with Crippen molar-refractivity contribution in [2.24, 2.45) is 17.8 Å². The van der Waals surface area contributed by atoms with Crippen LogP contribution in [0.15, 0.2) is 35.9 Å². The van der Waals surface area contributed by atoms with Crippen LogP contribution in [0.4, 0.5) is 17.6 Å². The molecule has 0 heterocycles. The molecule has 5 heteroatoms. The van der Waals surface area contributed by atoms with E-state index in [1.54, 1.807) is 25.1 Å². The predicted molar refractivity (Wildman–Crippen MR) is 136 cm³/mol. The van der Waals surface area contributed by atoms with Crippen LogP contribution in [0.5, 0.6) is 0 Å². The number of hydrogen-bond acceptors (Lipinski definition) is 1. The molecule has 0 saturated heterocycles. The van der Waals surface area contributed by atoms with Crippen LogP contribution >= 0.6 is 0 Å². The summed E-state index contributed by atoms with van der Waals surface area (Å²) in [5.74, 6) is 3.46. The van der Waals surface area contributed by atoms with Gasteiger partial charge in [-0.2, -0.15) is 0 Å². The largest absolute Gasteiger partial charge is 0.371 e. The highest BCUT2D eigenvalue weighted by atomic mass is 19.2. The second kappa shape index (κ2) is 12.5. The molecule has 36 heavy (non-hydrogen) atoms. The van der Waals surface area contributed by atoms with E-state index < -0.39 is 35.3 Å². The highest BCUT2D eigenvalue weighted by Gasteiger charge is 2.31. The summed E-state index contributed by atoms with van der Waals surface area (Å²) in [6.45, 7) is 3.98. The van der Waals surface area contributed by atoms with Crippen LogP contribution in [0.1, 0.15) is 101 Å². The van der Waals surface area contributed by atoms with Gasteiger partial charge in [-0.25, -0.2) is 17.6 Å². The number of ether oxygens (including phenoxy) is 1. The molecular weight excluding hydrogens is 464 g/mol. The molecule has 2 atom stereocenters. The van der Waals surface area contributed by atoms with Gasteiger partial charge in [-0.1, -0.05) is 24.3 Å². The Hall–Kier alpha value is -2.06. The van der Waals surface area contributed by atoms with Gasteiger partial charge in [0.05, 0.1) is 0 Å². The van der Waals surface area contributed by atoms with Crippen molar-refractivity contribution in [3.05, 3.63) is 58.7 Å². The van der Waals surface area contributed by atoms with Crippen LogP contribution in [0.25, 0.3) is 0 Å². The van der Waals surface area contributed by atoms with Gasteiger partial charge < -0.3 is 4.74 Å². The summed E-state index contributed by atoms with van der Waals surface area (Å²) in [4.78, 5) is 0. The third-order valence-electron chi connectivity index (χ3n) is 8.43. The molecule has 4 rings (SSSR count). The second-order valence-electron chi connectivity index (χ2n) is 10.6. The number of hydrogen-bond donors (Lipinski definition) is 0. The van der Waals surface area contributed by atoms with Gasteiger partial charge in [0.15, 0.2) is 17.5 Å². The van der Waals surface area contributed by atoms with E-state index in [0.717, 1.165) is 51.4 Å². The van der Waals surface area contributed by atoms with Crippen molar-refractivity contribution >= 4 is 0 Å². The lowest BCUT2D eigenvalue weighted by Gasteiger charge is -2.30. The van der Waals surface area contributed by atoms with Gasteiger partial charge in [0.2, 0.25) is 0 Å². The minimum atomic E-state index is -0.773. The monoisotopic (exact) mass is 502 g/mol. The number of rotatable bonds is 6. The summed E-state index contributed by atoms with van der Waals surface area (Å²) in [7, 11) is 0. The maximum Gasteiger partial charge on any atom is 0.162 e. The summed E-state index contributed by atoms with van der Waals surface area (Å²) in [6.07, 6.45) is 10.8. The first-order valence-electron chi connectivity index (χ1n) is 13.7. The third kappa shape index (κ3) is 6.08. The lowest BCUT2D eigenvalue weighted by molar-refractivity contribution is 0.0516. The van der Waals surface area contributed by atoms with Gasteiger partial charge >= 0.3 is 0 Å². The van der Waals surface area contributed by atoms with Crippen molar-refractivity contribution in [3.8, 4) is 11.8 Å². The zero-order valence-corrected chi connectivity index (χ0v) is 21.5. The molecule has 3 aliphatic rings. The quantitative estimate of drug-likeness (QED) is 0.214. The van der Waals surface area contributed by atoms with Crippen molar-refractivity contribution in [1.29, 1.82) is 0 Å². The fourth-order valence-corrected chi connectivity index (χ4v) is 6.33. The molecule has 1 aromatic carbocycles. The van der Waals surface area contributed by atoms with Crippen LogP contribution in [-0.2, 0) is 4.74 Å². The van der Waals surface area contributed by atoms with Gasteiger partial charge in [0.1, 0.15) is 11.9 Å². The highest BCUT2D eigenvalue weighted by Crippen LogP contribution is 2.42. The summed E-state index contributed by atoms with van der Waals surface area (Å²) in [6, 6.07) is 3.60. The van der Waals surface area contributed by atoms with Crippen LogP contribution in [0.3, 0.4) is 0 Å². The van der Waals surface area contributed by atoms with E-state index in [-0.39, 0.29) is 17.8 Å². The first-order valence-corrected chi connectivity index (χ1v) is 13.7. The van der Waals surface area contributed by atoms with Crippen molar-refractivity contribution in [2.75, 3.05) is 6.61 Å². The summed E-state index contributed by atoms with van der Waals surface area (Å²) >= 11 is 0. The van der Waals surface area contributed by atoms with Gasteiger partial charge in [-0.05, 0) is 107 Å². The average molecular weight is 503 g/mol. The van der Waals surface area contributed by atoms with Crippen LogP contribution < -0.4 is 0 Å². The summed E-state index contributed by atoms with van der Waals surface area (Å²) in [5.41, 5.74) is 0.992. The molecule has 0 N–H and O–H groups in total. The van der Waals surface area contributed by atoms with Gasteiger partial charge in [0.25, 0.3) is 0 Å². The van der Waals surface area contributed by atoms with Crippen LogP contribution in [-0.4, -0.2) is 12.7 Å². The Bertz CT molecular complexity index is 1020. The van der Waals surface area contributed by atoms with E-state index in [1.807, 2.05) is 13.0 Å². The lowest BCUT2D eigenvalue weighted by Crippen LogP contribution is -2.22. The fraction of sp³-hybridized carbons (Fsp3) is 0.613. The van der Waals surface area contributed by atoms with Crippen molar-refractivity contribution in [1.82, 2.24) is 0 Å². The molecule has 196 valence electrons. The van der Waals surface area contributed by atoms with Gasteiger partial charge in [-0.15, -0.1) is 11.8 Å². The Morgan fingerprint density at radius 2 is 1.36 bits per heavy atom. The molecular formula is C31H38F4O. The molecule has 2 fully saturated rings. The minimum absolute atomic E-state index is 0.00975. The first kappa shape index (κ1) is 27.0. The van der Waals surface area contributed by atoms with Gasteiger partial charge in [-0.3, -0.25) is 0 Å². The molecule has 0 aliphatic heterocycles. The van der Waals surface area contributed by atoms with Crippen molar-refractivity contribution in [2.45, 2.75) is 96.0 Å². The molecule has 0 aromatic heterocycles. The second-order valence-corrected chi connectivity index (χ2v) is 10.6. The Labute approximate surface area is 213 Å². The molecule has 0 spiro atoms. The number of benzene rings is 1. The number of allylic oxidation sites excluding steroid dienone is 3. The van der Waals surface area contributed by atoms with E-state index in [9.17, 15) is 8.78 Å². The molecule has 1 aromatic rings. The minimum Gasteiger partial charge on any atom is -0.371 e. The topological polar surface area (TPSA) is 9.23 Å². The summed E-state index contributed by atoms with van der Waals surface area (Å²) in [5, 5.41) is 0. The molecule has 2 unspecified atom stereocenters. The van der Waals surface area contributed by atoms with Crippen LogP contribution in [0.2, 0.25) is 0 Å². The van der Waals surface area contributed by atoms with E-state index in [1.165, 1.54) is 0 Å². The molecule has 1 nitrogen and oxygen atoms in total. The molecule has 2 saturated carbocycles. The highest BCUT2D eigenvalue weighted by molar-refractivity contribution is 5.32. The van der Waals surface area contributed by atoms with Crippen LogP contribution in [0, 0.1) is 41.2 Å². The third-order valence-corrected chi connectivity index (χ3v) is 8.43. The standard InChI is InChI=1S/C31H38F4O/c1-3-5-20-6-11-22(12-7-20)25-17-18-26(30(34)29(25)33)23-13-8-21(9-14-23)10-15-24-16-19-27(36-4-2)31(35)28(24)32/h10,15,17-18,20-24,27H,4,6-9,11-14,16,19H2,1-2H3/b15-10+. The van der Waals surface area contributed by atoms with E-state index >= 15 is 8.78 Å². The van der Waals surface area contributed by atoms with Crippen molar-refractivity contribution in [3.63, 3.8) is 0 Å². The lowest BCUT2D eigenvalue weighted by atomic mass is 9.76. The Morgan fingerprint density at radius 3 is 1.92 bits per heavy atom. The predicted octanol–water partition coefficient (Wildman–Crippen LogP) is 9.06. The van der Waals surface area contributed by atoms with Crippen molar-refractivity contribution < 1.29 is 22.3 Å². The average Bonchev–Trinajstić information content (AvgIpc) is 2.89. The smallest absolute Gasteiger partial charge is 0.162 e. The van der Waals surface area contributed by atoms with E-state index in [2.05, 4.69) is 11.8 Å². The number of halogens is 4. The zero-order valence-electron chi connectivity index (χ0n) is 21.5. The maximum atomic E-state index is 15.1. The van der Waals surface area contributed by atoms with E-state index in [0.29, 0.717) is 36.5 Å². The summed E-state index contributed by atoms with van der Waals surface area (Å²) < 4.78 is 64.2. The molecule has 0 bridgehead atoms. The van der Waals surface area contributed by atoms with E-state index in [4.69, 9.17) is 4.74 Å². The zero-order chi connectivity index (χ0) is 25.7. The fourth-order valence-electron chi connectivity index (χ4n) is 6.33. The first-order chi connectivity index (χ1) is 17.4. The molecule has 0 radical (unpaired) electrons. The molecule has 0 amide bonds. The molecule has 3 aliphatic carbocycles. The Kier molecular flexibility index (Phi) is 9.34. The van der Waals surface area contributed by atoms with Gasteiger partial charge in [0, 0.05) is 18.4 Å².